The van der Waals surface area contributed by atoms with E-state index in [9.17, 15) is 0 Å². The fourth-order valence-corrected chi connectivity index (χ4v) is 2.81. The SMILES string of the molecule is C=Nc1cccc(C)c1C(=Nc1ccccc1)c1ccccc1C. The van der Waals surface area contributed by atoms with Gasteiger partial charge in [-0.05, 0) is 49.9 Å². The molecule has 0 bridgehead atoms. The highest BCUT2D eigenvalue weighted by molar-refractivity contribution is 6.18. The van der Waals surface area contributed by atoms with Crippen molar-refractivity contribution in [3.05, 3.63) is 95.1 Å². The lowest BCUT2D eigenvalue weighted by molar-refractivity contribution is 1.36. The lowest BCUT2D eigenvalue weighted by Crippen LogP contribution is -2.07. The van der Waals surface area contributed by atoms with Gasteiger partial charge in [-0.2, -0.15) is 0 Å². The van der Waals surface area contributed by atoms with E-state index in [1.807, 2.05) is 54.6 Å². The Morgan fingerprint density at radius 1 is 0.750 bits per heavy atom. The van der Waals surface area contributed by atoms with E-state index in [4.69, 9.17) is 4.99 Å². The molecule has 2 nitrogen and oxygen atoms in total. The fraction of sp³-hybridized carbons (Fsp3) is 0.0909. The van der Waals surface area contributed by atoms with Gasteiger partial charge in [0.25, 0.3) is 0 Å². The summed E-state index contributed by atoms with van der Waals surface area (Å²) in [6.45, 7) is 7.93. The first-order valence-corrected chi connectivity index (χ1v) is 7.97. The van der Waals surface area contributed by atoms with Crippen LogP contribution in [-0.4, -0.2) is 12.4 Å². The van der Waals surface area contributed by atoms with Crippen LogP contribution in [0.4, 0.5) is 11.4 Å². The molecule has 0 aliphatic carbocycles. The molecular weight excluding hydrogens is 292 g/mol. The number of rotatable bonds is 4. The molecule has 0 saturated heterocycles. The summed E-state index contributed by atoms with van der Waals surface area (Å²) in [6.07, 6.45) is 0. The molecule has 2 heteroatoms. The van der Waals surface area contributed by atoms with Gasteiger partial charge >= 0.3 is 0 Å². The summed E-state index contributed by atoms with van der Waals surface area (Å²) in [6, 6.07) is 24.4. The van der Waals surface area contributed by atoms with Crippen LogP contribution in [0.25, 0.3) is 0 Å². The maximum absolute atomic E-state index is 4.96. The van der Waals surface area contributed by atoms with Crippen molar-refractivity contribution >= 4 is 23.8 Å². The standard InChI is InChI=1S/C22H20N2/c1-16-10-7-8-14-19(16)22(24-18-12-5-4-6-13-18)21-17(2)11-9-15-20(21)23-3/h4-15H,3H2,1-2H3. The Morgan fingerprint density at radius 3 is 2.12 bits per heavy atom. The minimum absolute atomic E-state index is 0.855. The molecular formula is C22H20N2. The molecule has 0 N–H and O–H groups in total. The number of nitrogens with zero attached hydrogens (tertiary/aromatic N) is 2. The summed E-state index contributed by atoms with van der Waals surface area (Å²) in [5, 5.41) is 0. The van der Waals surface area contributed by atoms with Crippen LogP contribution in [0.5, 0.6) is 0 Å². The van der Waals surface area contributed by atoms with E-state index in [0.29, 0.717) is 0 Å². The summed E-state index contributed by atoms with van der Waals surface area (Å²) < 4.78 is 0. The van der Waals surface area contributed by atoms with Gasteiger partial charge < -0.3 is 0 Å². The van der Waals surface area contributed by atoms with E-state index in [2.05, 4.69) is 43.8 Å². The Labute approximate surface area is 143 Å². The molecule has 24 heavy (non-hydrogen) atoms. The lowest BCUT2D eigenvalue weighted by Gasteiger charge is -2.15. The minimum Gasteiger partial charge on any atom is -0.264 e. The average molecular weight is 312 g/mol. The van der Waals surface area contributed by atoms with Gasteiger partial charge in [0.15, 0.2) is 0 Å². The van der Waals surface area contributed by atoms with Gasteiger partial charge in [-0.15, -0.1) is 0 Å². The van der Waals surface area contributed by atoms with Crippen molar-refractivity contribution in [3.8, 4) is 0 Å². The molecule has 118 valence electrons. The van der Waals surface area contributed by atoms with Crippen LogP contribution < -0.4 is 0 Å². The van der Waals surface area contributed by atoms with Crippen molar-refractivity contribution in [2.45, 2.75) is 13.8 Å². The Bertz CT molecular complexity index is 893. The average Bonchev–Trinajstić information content (AvgIpc) is 2.61. The Morgan fingerprint density at radius 2 is 1.42 bits per heavy atom. The summed E-state index contributed by atoms with van der Waals surface area (Å²) in [5.41, 5.74) is 7.18. The van der Waals surface area contributed by atoms with Crippen LogP contribution in [0.15, 0.2) is 82.8 Å². The maximum Gasteiger partial charge on any atom is 0.0808 e. The molecule has 0 spiro atoms. The van der Waals surface area contributed by atoms with Gasteiger partial charge in [0.05, 0.1) is 17.1 Å². The van der Waals surface area contributed by atoms with Crippen molar-refractivity contribution in [2.24, 2.45) is 9.98 Å². The molecule has 0 radical (unpaired) electrons. The lowest BCUT2D eigenvalue weighted by atomic mass is 9.93. The van der Waals surface area contributed by atoms with Gasteiger partial charge in [-0.1, -0.05) is 54.6 Å². The Kier molecular flexibility index (Phi) is 4.66. The number of aliphatic imine (C=N–C) groups is 2. The van der Waals surface area contributed by atoms with Gasteiger partial charge in [0, 0.05) is 11.1 Å². The molecule has 0 heterocycles. The van der Waals surface area contributed by atoms with Gasteiger partial charge in [0.1, 0.15) is 0 Å². The van der Waals surface area contributed by atoms with Crippen LogP contribution in [-0.2, 0) is 0 Å². The second-order valence-electron chi connectivity index (χ2n) is 5.74. The van der Waals surface area contributed by atoms with E-state index in [0.717, 1.165) is 33.8 Å². The minimum atomic E-state index is 0.855. The molecule has 0 aliphatic heterocycles. The van der Waals surface area contributed by atoms with Crippen LogP contribution in [0.1, 0.15) is 22.3 Å². The van der Waals surface area contributed by atoms with Crippen molar-refractivity contribution in [2.75, 3.05) is 0 Å². The van der Waals surface area contributed by atoms with E-state index in [-0.39, 0.29) is 0 Å². The van der Waals surface area contributed by atoms with E-state index in [1.54, 1.807) is 0 Å². The summed E-state index contributed by atoms with van der Waals surface area (Å²) in [7, 11) is 0. The predicted molar refractivity (Wildman–Crippen MR) is 103 cm³/mol. The molecule has 3 aromatic carbocycles. The quantitative estimate of drug-likeness (QED) is 0.544. The highest BCUT2D eigenvalue weighted by Gasteiger charge is 2.16. The van der Waals surface area contributed by atoms with Crippen LogP contribution in [0.3, 0.4) is 0 Å². The summed E-state index contributed by atoms with van der Waals surface area (Å²) >= 11 is 0. The van der Waals surface area contributed by atoms with Crippen LogP contribution >= 0.6 is 0 Å². The number of aryl methyl sites for hydroxylation is 2. The highest BCUT2D eigenvalue weighted by atomic mass is 14.8. The third-order valence-corrected chi connectivity index (χ3v) is 4.06. The largest absolute Gasteiger partial charge is 0.264 e. The normalized spacial score (nSPS) is 11.3. The Hall–Kier alpha value is -3.00. The molecule has 3 rings (SSSR count). The van der Waals surface area contributed by atoms with Crippen molar-refractivity contribution in [3.63, 3.8) is 0 Å². The van der Waals surface area contributed by atoms with Gasteiger partial charge in [-0.25, -0.2) is 4.99 Å². The topological polar surface area (TPSA) is 24.7 Å². The zero-order valence-corrected chi connectivity index (χ0v) is 14.0. The zero-order valence-electron chi connectivity index (χ0n) is 14.0. The first kappa shape index (κ1) is 15.9. The van der Waals surface area contributed by atoms with Crippen LogP contribution in [0.2, 0.25) is 0 Å². The third-order valence-electron chi connectivity index (χ3n) is 4.06. The second-order valence-corrected chi connectivity index (χ2v) is 5.74. The Balaban J connectivity index is 2.31. The molecule has 0 aromatic heterocycles. The van der Waals surface area contributed by atoms with Crippen LogP contribution in [0, 0.1) is 13.8 Å². The molecule has 0 saturated carbocycles. The monoisotopic (exact) mass is 312 g/mol. The number of hydrogen-bond acceptors (Lipinski definition) is 2. The third kappa shape index (κ3) is 3.18. The first-order valence-electron chi connectivity index (χ1n) is 7.97. The molecule has 0 amide bonds. The summed E-state index contributed by atoms with van der Waals surface area (Å²) in [4.78, 5) is 9.18. The molecule has 0 unspecified atom stereocenters. The van der Waals surface area contributed by atoms with Crippen molar-refractivity contribution in [1.29, 1.82) is 0 Å². The number of hydrogen-bond donors (Lipinski definition) is 0. The predicted octanol–water partition coefficient (Wildman–Crippen LogP) is 5.80. The smallest absolute Gasteiger partial charge is 0.0808 e. The zero-order chi connectivity index (χ0) is 16.9. The molecule has 0 aliphatic rings. The highest BCUT2D eigenvalue weighted by Crippen LogP contribution is 2.29. The number of para-hydroxylation sites is 1. The second kappa shape index (κ2) is 7.05. The van der Waals surface area contributed by atoms with Crippen molar-refractivity contribution in [1.82, 2.24) is 0 Å². The van der Waals surface area contributed by atoms with Gasteiger partial charge in [-0.3, -0.25) is 4.99 Å². The fourth-order valence-electron chi connectivity index (χ4n) is 2.81. The van der Waals surface area contributed by atoms with E-state index in [1.165, 1.54) is 5.56 Å². The van der Waals surface area contributed by atoms with Crippen molar-refractivity contribution < 1.29 is 0 Å². The van der Waals surface area contributed by atoms with E-state index < -0.39 is 0 Å². The number of benzene rings is 3. The van der Waals surface area contributed by atoms with E-state index >= 15 is 0 Å². The van der Waals surface area contributed by atoms with Gasteiger partial charge in [0.2, 0.25) is 0 Å². The summed E-state index contributed by atoms with van der Waals surface area (Å²) in [5.74, 6) is 0. The molecule has 0 atom stereocenters. The first-order chi connectivity index (χ1) is 11.7. The maximum atomic E-state index is 4.96. The molecule has 0 fully saturated rings. The molecule has 3 aromatic rings.